The van der Waals surface area contributed by atoms with E-state index in [9.17, 15) is 0 Å². The average Bonchev–Trinajstić information content (AvgIpc) is 3.03. The van der Waals surface area contributed by atoms with Gasteiger partial charge < -0.3 is 10.3 Å². The minimum atomic E-state index is 0.587. The first-order valence-corrected chi connectivity index (χ1v) is 8.10. The molecule has 2 heterocycles. The second-order valence-electron chi connectivity index (χ2n) is 4.23. The van der Waals surface area contributed by atoms with Crippen molar-refractivity contribution in [2.75, 3.05) is 6.54 Å². The minimum absolute atomic E-state index is 0.587. The number of aromatic nitrogens is 4. The predicted octanol–water partition coefficient (Wildman–Crippen LogP) is 2.56. The molecule has 7 heteroatoms. The maximum absolute atomic E-state index is 5.60. The lowest BCUT2D eigenvalue weighted by atomic mass is 10.3. The fourth-order valence-corrected chi connectivity index (χ4v) is 4.08. The summed E-state index contributed by atoms with van der Waals surface area (Å²) < 4.78 is 4.29. The SMILES string of the molecule is CCn1c(CCN)nnc1Sc1nc2ccccc2s1. The van der Waals surface area contributed by atoms with Crippen LogP contribution in [0.4, 0.5) is 0 Å². The van der Waals surface area contributed by atoms with Crippen LogP contribution in [0, 0.1) is 0 Å². The standard InChI is InChI=1S/C13H15N5S2/c1-2-18-11(7-8-14)16-17-12(18)20-13-15-9-5-3-4-6-10(9)19-13/h3-6H,2,7-8,14H2,1H3. The van der Waals surface area contributed by atoms with Crippen molar-refractivity contribution in [2.45, 2.75) is 29.4 Å². The molecule has 104 valence electrons. The summed E-state index contributed by atoms with van der Waals surface area (Å²) in [5.41, 5.74) is 6.63. The minimum Gasteiger partial charge on any atom is -0.330 e. The van der Waals surface area contributed by atoms with Crippen LogP contribution in [0.2, 0.25) is 0 Å². The predicted molar refractivity (Wildman–Crippen MR) is 82.2 cm³/mol. The molecule has 0 aliphatic heterocycles. The van der Waals surface area contributed by atoms with E-state index < -0.39 is 0 Å². The monoisotopic (exact) mass is 305 g/mol. The molecule has 0 atom stereocenters. The first kappa shape index (κ1) is 13.5. The second kappa shape index (κ2) is 5.90. The van der Waals surface area contributed by atoms with Crippen molar-refractivity contribution < 1.29 is 0 Å². The molecule has 0 spiro atoms. The molecule has 0 saturated carbocycles. The van der Waals surface area contributed by atoms with Crippen LogP contribution in [0.25, 0.3) is 10.2 Å². The van der Waals surface area contributed by atoms with Gasteiger partial charge in [0, 0.05) is 13.0 Å². The van der Waals surface area contributed by atoms with Crippen molar-refractivity contribution in [1.82, 2.24) is 19.7 Å². The van der Waals surface area contributed by atoms with Crippen LogP contribution in [0.5, 0.6) is 0 Å². The lowest BCUT2D eigenvalue weighted by Crippen LogP contribution is -2.09. The summed E-state index contributed by atoms with van der Waals surface area (Å²) in [5.74, 6) is 0.943. The lowest BCUT2D eigenvalue weighted by molar-refractivity contribution is 0.640. The maximum atomic E-state index is 5.60. The lowest BCUT2D eigenvalue weighted by Gasteiger charge is -2.04. The Hall–Kier alpha value is -1.44. The summed E-state index contributed by atoms with van der Waals surface area (Å²) in [7, 11) is 0. The zero-order valence-corrected chi connectivity index (χ0v) is 12.7. The van der Waals surface area contributed by atoms with Crippen molar-refractivity contribution in [3.8, 4) is 0 Å². The van der Waals surface area contributed by atoms with E-state index in [1.807, 2.05) is 18.2 Å². The van der Waals surface area contributed by atoms with Gasteiger partial charge in [0.2, 0.25) is 0 Å². The fraction of sp³-hybridized carbons (Fsp3) is 0.308. The largest absolute Gasteiger partial charge is 0.330 e. The molecule has 1 aromatic carbocycles. The third kappa shape index (κ3) is 2.56. The van der Waals surface area contributed by atoms with E-state index in [4.69, 9.17) is 5.73 Å². The van der Waals surface area contributed by atoms with Gasteiger partial charge in [-0.15, -0.1) is 21.5 Å². The smallest absolute Gasteiger partial charge is 0.198 e. The first-order chi connectivity index (χ1) is 9.81. The van der Waals surface area contributed by atoms with Gasteiger partial charge in [-0.25, -0.2) is 4.98 Å². The Bertz CT molecular complexity index is 685. The quantitative estimate of drug-likeness (QED) is 0.784. The van der Waals surface area contributed by atoms with Crippen LogP contribution in [0.15, 0.2) is 33.8 Å². The number of nitrogens with zero attached hydrogens (tertiary/aromatic N) is 4. The summed E-state index contributed by atoms with van der Waals surface area (Å²) in [6, 6.07) is 8.15. The van der Waals surface area contributed by atoms with E-state index in [0.29, 0.717) is 6.54 Å². The summed E-state index contributed by atoms with van der Waals surface area (Å²) in [6.45, 7) is 3.52. The Labute approximate surface area is 125 Å². The van der Waals surface area contributed by atoms with E-state index in [1.165, 1.54) is 4.70 Å². The van der Waals surface area contributed by atoms with E-state index in [0.717, 1.165) is 33.8 Å². The third-order valence-electron chi connectivity index (χ3n) is 2.93. The van der Waals surface area contributed by atoms with E-state index in [-0.39, 0.29) is 0 Å². The molecule has 2 aromatic heterocycles. The van der Waals surface area contributed by atoms with Crippen molar-refractivity contribution >= 4 is 33.3 Å². The van der Waals surface area contributed by atoms with Crippen molar-refractivity contribution in [3.05, 3.63) is 30.1 Å². The van der Waals surface area contributed by atoms with Gasteiger partial charge >= 0.3 is 0 Å². The van der Waals surface area contributed by atoms with Crippen LogP contribution < -0.4 is 5.73 Å². The molecule has 0 aliphatic carbocycles. The maximum Gasteiger partial charge on any atom is 0.198 e. The number of hydrogen-bond donors (Lipinski definition) is 1. The number of para-hydroxylation sites is 1. The molecule has 20 heavy (non-hydrogen) atoms. The average molecular weight is 305 g/mol. The van der Waals surface area contributed by atoms with Gasteiger partial charge in [0.25, 0.3) is 0 Å². The van der Waals surface area contributed by atoms with Crippen molar-refractivity contribution in [3.63, 3.8) is 0 Å². The summed E-state index contributed by atoms with van der Waals surface area (Å²) in [4.78, 5) is 4.61. The number of hydrogen-bond acceptors (Lipinski definition) is 6. The molecule has 0 fully saturated rings. The highest BCUT2D eigenvalue weighted by Crippen LogP contribution is 2.33. The molecule has 5 nitrogen and oxygen atoms in total. The number of nitrogens with two attached hydrogens (primary N) is 1. The topological polar surface area (TPSA) is 69.6 Å². The van der Waals surface area contributed by atoms with Crippen LogP contribution >= 0.6 is 23.1 Å². The molecule has 0 aliphatic rings. The first-order valence-electron chi connectivity index (χ1n) is 6.47. The Balaban J connectivity index is 1.90. The molecule has 0 bridgehead atoms. The Morgan fingerprint density at radius 1 is 1.30 bits per heavy atom. The van der Waals surface area contributed by atoms with Gasteiger partial charge in [0.15, 0.2) is 9.50 Å². The zero-order valence-electron chi connectivity index (χ0n) is 11.1. The van der Waals surface area contributed by atoms with Crippen LogP contribution in [0.1, 0.15) is 12.7 Å². The van der Waals surface area contributed by atoms with E-state index in [1.54, 1.807) is 23.1 Å². The molecular formula is C13H15N5S2. The number of benzene rings is 1. The van der Waals surface area contributed by atoms with Gasteiger partial charge in [-0.2, -0.15) is 0 Å². The van der Waals surface area contributed by atoms with E-state index in [2.05, 4.69) is 32.7 Å². The Morgan fingerprint density at radius 3 is 2.90 bits per heavy atom. The molecule has 0 saturated heterocycles. The highest BCUT2D eigenvalue weighted by Gasteiger charge is 2.13. The normalized spacial score (nSPS) is 11.3. The Morgan fingerprint density at radius 2 is 2.15 bits per heavy atom. The molecule has 0 radical (unpaired) electrons. The van der Waals surface area contributed by atoms with Gasteiger partial charge in [0.1, 0.15) is 5.82 Å². The summed E-state index contributed by atoms with van der Waals surface area (Å²) in [6.07, 6.45) is 0.751. The third-order valence-corrected chi connectivity index (χ3v) is 5.01. The number of rotatable bonds is 5. The Kier molecular flexibility index (Phi) is 4.00. The fourth-order valence-electron chi connectivity index (χ4n) is 2.00. The number of thiazole rings is 1. The van der Waals surface area contributed by atoms with Gasteiger partial charge in [-0.3, -0.25) is 0 Å². The van der Waals surface area contributed by atoms with Gasteiger partial charge in [0.05, 0.1) is 10.2 Å². The molecule has 2 N–H and O–H groups in total. The van der Waals surface area contributed by atoms with Crippen LogP contribution in [-0.2, 0) is 13.0 Å². The van der Waals surface area contributed by atoms with Crippen LogP contribution in [-0.4, -0.2) is 26.3 Å². The number of fused-ring (bicyclic) bond motifs is 1. The molecular weight excluding hydrogens is 290 g/mol. The van der Waals surface area contributed by atoms with E-state index >= 15 is 0 Å². The van der Waals surface area contributed by atoms with Gasteiger partial charge in [-0.1, -0.05) is 12.1 Å². The molecule has 3 aromatic rings. The second-order valence-corrected chi connectivity index (χ2v) is 6.48. The van der Waals surface area contributed by atoms with Crippen LogP contribution in [0.3, 0.4) is 0 Å². The highest BCUT2D eigenvalue weighted by molar-refractivity contribution is 8.01. The highest BCUT2D eigenvalue weighted by atomic mass is 32.2. The van der Waals surface area contributed by atoms with Gasteiger partial charge in [-0.05, 0) is 37.4 Å². The zero-order chi connectivity index (χ0) is 13.9. The molecule has 0 unspecified atom stereocenters. The molecule has 0 amide bonds. The van der Waals surface area contributed by atoms with Crippen molar-refractivity contribution in [2.24, 2.45) is 5.73 Å². The summed E-state index contributed by atoms with van der Waals surface area (Å²) >= 11 is 3.25. The van der Waals surface area contributed by atoms with Crippen molar-refractivity contribution in [1.29, 1.82) is 0 Å². The molecule has 3 rings (SSSR count). The summed E-state index contributed by atoms with van der Waals surface area (Å²) in [5, 5.41) is 9.36.